The molecule has 134 valence electrons. The highest BCUT2D eigenvalue weighted by molar-refractivity contribution is 7.92. The van der Waals surface area contributed by atoms with Gasteiger partial charge in [0.25, 0.3) is 10.0 Å². The molecule has 10 heteroatoms. The summed E-state index contributed by atoms with van der Waals surface area (Å²) in [5, 5.41) is 8.82. The normalized spacial score (nSPS) is 11.9. The van der Waals surface area contributed by atoms with Crippen LogP contribution >= 0.6 is 0 Å². The van der Waals surface area contributed by atoms with Crippen molar-refractivity contribution in [3.8, 4) is 0 Å². The van der Waals surface area contributed by atoms with Crippen molar-refractivity contribution in [3.63, 3.8) is 0 Å². The van der Waals surface area contributed by atoms with Crippen LogP contribution in [0.15, 0.2) is 58.3 Å². The van der Waals surface area contributed by atoms with Crippen molar-refractivity contribution in [1.29, 1.82) is 0 Å². The molecule has 0 amide bonds. The summed E-state index contributed by atoms with van der Waals surface area (Å²) in [5.74, 6) is -1.16. The predicted octanol–water partition coefficient (Wildman–Crippen LogP) is 1.48. The van der Waals surface area contributed by atoms with Crippen LogP contribution in [0.2, 0.25) is 0 Å². The zero-order chi connectivity index (χ0) is 18.7. The van der Waals surface area contributed by atoms with Gasteiger partial charge < -0.3 is 5.11 Å². The van der Waals surface area contributed by atoms with Crippen molar-refractivity contribution in [2.24, 2.45) is 0 Å². The van der Waals surface area contributed by atoms with Crippen molar-refractivity contribution in [2.45, 2.75) is 16.7 Å². The van der Waals surface area contributed by atoms with Gasteiger partial charge in [0.05, 0.1) is 15.4 Å². The first-order valence-corrected chi connectivity index (χ1v) is 10.1. The molecule has 25 heavy (non-hydrogen) atoms. The second kappa shape index (κ2) is 7.21. The highest BCUT2D eigenvalue weighted by Crippen LogP contribution is 2.19. The summed E-state index contributed by atoms with van der Waals surface area (Å²) in [7, 11) is -7.54. The Balaban J connectivity index is 2.22. The summed E-state index contributed by atoms with van der Waals surface area (Å²) in [6, 6.07) is 9.94. The van der Waals surface area contributed by atoms with Gasteiger partial charge in [0.15, 0.2) is 0 Å². The number of nitrogens with one attached hydrogen (secondary N) is 2. The number of carboxylic acid groups (broad SMARTS) is 1. The first-order chi connectivity index (χ1) is 11.7. The fraction of sp³-hybridized carbons (Fsp3) is 0.133. The van der Waals surface area contributed by atoms with E-state index in [0.29, 0.717) is 0 Å². The lowest BCUT2D eigenvalue weighted by atomic mass is 10.2. The monoisotopic (exact) mass is 384 g/mol. The molecule has 0 heterocycles. The summed E-state index contributed by atoms with van der Waals surface area (Å²) in [6.45, 7) is 1.89. The Bertz CT molecular complexity index is 966. The van der Waals surface area contributed by atoms with Gasteiger partial charge in [-0.25, -0.2) is 26.4 Å². The van der Waals surface area contributed by atoms with E-state index in [-0.39, 0.29) is 27.6 Å². The summed E-state index contributed by atoms with van der Waals surface area (Å²) in [6.07, 6.45) is 0. The zero-order valence-electron chi connectivity index (χ0n) is 13.1. The van der Waals surface area contributed by atoms with Gasteiger partial charge in [0.1, 0.15) is 0 Å². The Hall–Kier alpha value is -2.43. The predicted molar refractivity (Wildman–Crippen MR) is 91.5 cm³/mol. The SMILES string of the molecule is CCNS(=O)(=O)c1ccc(NS(=O)(=O)c2ccc(C(=O)O)cc2)cc1. The van der Waals surface area contributed by atoms with Gasteiger partial charge in [0.2, 0.25) is 10.0 Å². The largest absolute Gasteiger partial charge is 0.478 e. The second-order valence-electron chi connectivity index (χ2n) is 4.96. The minimum absolute atomic E-state index is 0.0168. The Morgan fingerprint density at radius 1 is 0.880 bits per heavy atom. The highest BCUT2D eigenvalue weighted by Gasteiger charge is 2.16. The van der Waals surface area contributed by atoms with Crippen molar-refractivity contribution in [1.82, 2.24) is 4.72 Å². The molecule has 2 aromatic carbocycles. The van der Waals surface area contributed by atoms with E-state index in [9.17, 15) is 21.6 Å². The number of rotatable bonds is 7. The lowest BCUT2D eigenvalue weighted by molar-refractivity contribution is 0.0696. The van der Waals surface area contributed by atoms with Crippen molar-refractivity contribution >= 4 is 31.7 Å². The van der Waals surface area contributed by atoms with Crippen LogP contribution in [0.1, 0.15) is 17.3 Å². The fourth-order valence-corrected chi connectivity index (χ4v) is 4.07. The molecule has 0 aliphatic rings. The van der Waals surface area contributed by atoms with E-state index < -0.39 is 26.0 Å². The van der Waals surface area contributed by atoms with Gasteiger partial charge in [-0.2, -0.15) is 0 Å². The standard InChI is InChI=1S/C15H16N2O6S2/c1-2-16-24(20,21)13-9-5-12(6-10-13)17-25(22,23)14-7-3-11(4-8-14)15(18)19/h3-10,16-17H,2H2,1H3,(H,18,19). The summed E-state index contributed by atoms with van der Waals surface area (Å²) in [5.41, 5.74) is 0.148. The average Bonchev–Trinajstić information content (AvgIpc) is 2.55. The first-order valence-electron chi connectivity index (χ1n) is 7.11. The molecular weight excluding hydrogens is 368 g/mol. The lowest BCUT2D eigenvalue weighted by Gasteiger charge is -2.09. The molecule has 0 aliphatic heterocycles. The summed E-state index contributed by atoms with van der Waals surface area (Å²) >= 11 is 0. The Morgan fingerprint density at radius 3 is 1.84 bits per heavy atom. The second-order valence-corrected chi connectivity index (χ2v) is 8.41. The average molecular weight is 384 g/mol. The van der Waals surface area contributed by atoms with Crippen LogP contribution in [-0.2, 0) is 20.0 Å². The molecule has 0 saturated carbocycles. The number of anilines is 1. The smallest absolute Gasteiger partial charge is 0.335 e. The molecule has 0 spiro atoms. The topological polar surface area (TPSA) is 130 Å². The van der Waals surface area contributed by atoms with Crippen LogP contribution in [0.25, 0.3) is 0 Å². The number of hydrogen-bond donors (Lipinski definition) is 3. The van der Waals surface area contributed by atoms with Crippen LogP contribution < -0.4 is 9.44 Å². The van der Waals surface area contributed by atoms with Gasteiger partial charge >= 0.3 is 5.97 Å². The lowest BCUT2D eigenvalue weighted by Crippen LogP contribution is -2.23. The van der Waals surface area contributed by atoms with E-state index in [0.717, 1.165) is 0 Å². The van der Waals surface area contributed by atoms with E-state index in [4.69, 9.17) is 5.11 Å². The minimum Gasteiger partial charge on any atom is -0.478 e. The van der Waals surface area contributed by atoms with Gasteiger partial charge in [-0.05, 0) is 48.5 Å². The number of benzene rings is 2. The molecule has 8 nitrogen and oxygen atoms in total. The molecular formula is C15H16N2O6S2. The number of aromatic carboxylic acids is 1. The molecule has 2 aromatic rings. The van der Waals surface area contributed by atoms with Gasteiger partial charge in [0, 0.05) is 12.2 Å². The van der Waals surface area contributed by atoms with Crippen LogP contribution in [0.4, 0.5) is 5.69 Å². The quantitative estimate of drug-likeness (QED) is 0.663. The Labute approximate surface area is 145 Å². The number of sulfonamides is 2. The molecule has 0 radical (unpaired) electrons. The molecule has 3 N–H and O–H groups in total. The van der Waals surface area contributed by atoms with Crippen LogP contribution in [-0.4, -0.2) is 34.5 Å². The fourth-order valence-electron chi connectivity index (χ4n) is 1.97. The van der Waals surface area contributed by atoms with Crippen molar-refractivity contribution in [2.75, 3.05) is 11.3 Å². The van der Waals surface area contributed by atoms with Crippen molar-refractivity contribution in [3.05, 3.63) is 54.1 Å². The van der Waals surface area contributed by atoms with E-state index in [2.05, 4.69) is 9.44 Å². The van der Waals surface area contributed by atoms with Gasteiger partial charge in [-0.15, -0.1) is 0 Å². The van der Waals surface area contributed by atoms with E-state index in [1.54, 1.807) is 6.92 Å². The van der Waals surface area contributed by atoms with E-state index >= 15 is 0 Å². The number of carboxylic acids is 1. The third kappa shape index (κ3) is 4.56. The highest BCUT2D eigenvalue weighted by atomic mass is 32.2. The van der Waals surface area contributed by atoms with Gasteiger partial charge in [-0.1, -0.05) is 6.92 Å². The maximum Gasteiger partial charge on any atom is 0.335 e. The van der Waals surface area contributed by atoms with Crippen molar-refractivity contribution < 1.29 is 26.7 Å². The molecule has 0 bridgehead atoms. The van der Waals surface area contributed by atoms with Gasteiger partial charge in [-0.3, -0.25) is 4.72 Å². The summed E-state index contributed by atoms with van der Waals surface area (Å²) < 4.78 is 52.9. The molecule has 0 unspecified atom stereocenters. The third-order valence-electron chi connectivity index (χ3n) is 3.16. The van der Waals surface area contributed by atoms with E-state index in [1.165, 1.54) is 48.5 Å². The molecule has 0 saturated heterocycles. The molecule has 0 aromatic heterocycles. The number of carbonyl (C=O) groups is 1. The molecule has 2 rings (SSSR count). The Kier molecular flexibility index (Phi) is 5.45. The van der Waals surface area contributed by atoms with Crippen LogP contribution in [0.3, 0.4) is 0 Å². The third-order valence-corrected chi connectivity index (χ3v) is 6.12. The Morgan fingerprint density at radius 2 is 1.36 bits per heavy atom. The van der Waals surface area contributed by atoms with Crippen LogP contribution in [0, 0.1) is 0 Å². The first kappa shape index (κ1) is 18.9. The molecule has 0 fully saturated rings. The zero-order valence-corrected chi connectivity index (χ0v) is 14.8. The molecule has 0 aliphatic carbocycles. The number of hydrogen-bond acceptors (Lipinski definition) is 5. The van der Waals surface area contributed by atoms with E-state index in [1.807, 2.05) is 0 Å². The van der Waals surface area contributed by atoms with Crippen LogP contribution in [0.5, 0.6) is 0 Å². The summed E-state index contributed by atoms with van der Waals surface area (Å²) in [4.78, 5) is 10.7. The molecule has 0 atom stereocenters. The maximum absolute atomic E-state index is 12.3. The minimum atomic E-state index is -3.92. The maximum atomic E-state index is 12.3.